The van der Waals surface area contributed by atoms with Gasteiger partial charge in [-0.25, -0.2) is 9.97 Å². The molecule has 1 aliphatic rings. The standard InChI is InChI=1S/C18H20ClN5O4/c1-27-14-11-13(15(28-2)10-12(14)19)22-16(25)17(26)23-6-8-24(9-7-23)18-20-4-3-5-21-18/h3-5,10-11H,6-9H2,1-2H3,(H,22,25). The van der Waals surface area contributed by atoms with Gasteiger partial charge in [0.25, 0.3) is 0 Å². The lowest BCUT2D eigenvalue weighted by atomic mass is 10.2. The number of aromatic nitrogens is 2. The fourth-order valence-corrected chi connectivity index (χ4v) is 3.07. The first-order chi connectivity index (χ1) is 13.5. The van der Waals surface area contributed by atoms with E-state index in [0.29, 0.717) is 54.3 Å². The minimum atomic E-state index is -0.757. The topological polar surface area (TPSA) is 96.9 Å². The summed E-state index contributed by atoms with van der Waals surface area (Å²) in [5, 5.41) is 2.91. The van der Waals surface area contributed by atoms with Crippen LogP contribution in [0, 0.1) is 0 Å². The van der Waals surface area contributed by atoms with Crippen LogP contribution in [0.3, 0.4) is 0 Å². The smallest absolute Gasteiger partial charge is 0.314 e. The van der Waals surface area contributed by atoms with Gasteiger partial charge in [0, 0.05) is 50.7 Å². The Morgan fingerprint density at radius 3 is 2.29 bits per heavy atom. The van der Waals surface area contributed by atoms with Crippen LogP contribution >= 0.6 is 11.6 Å². The van der Waals surface area contributed by atoms with Crippen LogP contribution in [-0.2, 0) is 9.59 Å². The van der Waals surface area contributed by atoms with Crippen LogP contribution in [-0.4, -0.2) is 67.1 Å². The van der Waals surface area contributed by atoms with Gasteiger partial charge in [-0.05, 0) is 6.07 Å². The van der Waals surface area contributed by atoms with E-state index in [1.54, 1.807) is 18.5 Å². The van der Waals surface area contributed by atoms with E-state index >= 15 is 0 Å². The molecule has 148 valence electrons. The summed E-state index contributed by atoms with van der Waals surface area (Å²) in [5.41, 5.74) is 0.304. The van der Waals surface area contributed by atoms with Gasteiger partial charge in [0.2, 0.25) is 5.95 Å². The monoisotopic (exact) mass is 405 g/mol. The van der Waals surface area contributed by atoms with E-state index in [0.717, 1.165) is 0 Å². The number of benzene rings is 1. The minimum Gasteiger partial charge on any atom is -0.495 e. The minimum absolute atomic E-state index is 0.304. The van der Waals surface area contributed by atoms with E-state index < -0.39 is 11.8 Å². The summed E-state index contributed by atoms with van der Waals surface area (Å²) in [4.78, 5) is 36.8. The zero-order valence-electron chi connectivity index (χ0n) is 15.5. The van der Waals surface area contributed by atoms with Crippen molar-refractivity contribution in [3.63, 3.8) is 0 Å². The molecule has 0 aliphatic carbocycles. The van der Waals surface area contributed by atoms with Gasteiger partial charge in [0.1, 0.15) is 11.5 Å². The highest BCUT2D eigenvalue weighted by atomic mass is 35.5. The Bertz CT molecular complexity index is 857. The van der Waals surface area contributed by atoms with Crippen molar-refractivity contribution in [3.8, 4) is 11.5 Å². The normalized spacial score (nSPS) is 13.8. The molecule has 1 N–H and O–H groups in total. The van der Waals surface area contributed by atoms with Crippen LogP contribution in [0.5, 0.6) is 11.5 Å². The maximum Gasteiger partial charge on any atom is 0.314 e. The van der Waals surface area contributed by atoms with E-state index in [1.165, 1.54) is 31.3 Å². The lowest BCUT2D eigenvalue weighted by molar-refractivity contribution is -0.143. The number of hydrogen-bond acceptors (Lipinski definition) is 7. The van der Waals surface area contributed by atoms with Crippen LogP contribution in [0.1, 0.15) is 0 Å². The molecule has 10 heteroatoms. The molecule has 1 aromatic carbocycles. The molecule has 2 heterocycles. The number of halogens is 1. The van der Waals surface area contributed by atoms with Crippen molar-refractivity contribution in [1.29, 1.82) is 0 Å². The number of piperazine rings is 1. The molecule has 1 aromatic heterocycles. The Morgan fingerprint density at radius 1 is 1.04 bits per heavy atom. The lowest BCUT2D eigenvalue weighted by Gasteiger charge is -2.34. The Morgan fingerprint density at radius 2 is 1.68 bits per heavy atom. The number of methoxy groups -OCH3 is 2. The number of ether oxygens (including phenoxy) is 2. The summed E-state index contributed by atoms with van der Waals surface area (Å²) >= 11 is 6.06. The van der Waals surface area contributed by atoms with Crippen molar-refractivity contribution in [2.75, 3.05) is 50.6 Å². The van der Waals surface area contributed by atoms with E-state index in [4.69, 9.17) is 21.1 Å². The van der Waals surface area contributed by atoms with Gasteiger partial charge in [-0.2, -0.15) is 0 Å². The third-order valence-corrected chi connectivity index (χ3v) is 4.61. The SMILES string of the molecule is COc1cc(NC(=O)C(=O)N2CCN(c3ncccn3)CC2)c(OC)cc1Cl. The van der Waals surface area contributed by atoms with Crippen molar-refractivity contribution in [2.24, 2.45) is 0 Å². The van der Waals surface area contributed by atoms with E-state index in [9.17, 15) is 9.59 Å². The van der Waals surface area contributed by atoms with Gasteiger partial charge in [0.05, 0.1) is 24.9 Å². The predicted molar refractivity (Wildman–Crippen MR) is 104 cm³/mol. The van der Waals surface area contributed by atoms with Crippen molar-refractivity contribution >= 4 is 35.1 Å². The molecule has 0 spiro atoms. The summed E-state index contributed by atoms with van der Waals surface area (Å²) < 4.78 is 10.4. The molecule has 0 atom stereocenters. The summed E-state index contributed by atoms with van der Waals surface area (Å²) in [6, 6.07) is 4.77. The van der Waals surface area contributed by atoms with Gasteiger partial charge >= 0.3 is 11.8 Å². The molecule has 2 aromatic rings. The highest BCUT2D eigenvalue weighted by molar-refractivity contribution is 6.40. The van der Waals surface area contributed by atoms with Gasteiger partial charge in [-0.15, -0.1) is 0 Å². The first kappa shape index (κ1) is 19.7. The number of carbonyl (C=O) groups is 2. The summed E-state index contributed by atoms with van der Waals surface area (Å²) in [6.45, 7) is 1.87. The largest absolute Gasteiger partial charge is 0.495 e. The maximum absolute atomic E-state index is 12.5. The van der Waals surface area contributed by atoms with Crippen LogP contribution < -0.4 is 19.7 Å². The Kier molecular flexibility index (Phi) is 6.15. The zero-order chi connectivity index (χ0) is 20.1. The first-order valence-electron chi connectivity index (χ1n) is 8.57. The molecule has 3 rings (SSSR count). The van der Waals surface area contributed by atoms with Crippen LogP contribution in [0.2, 0.25) is 5.02 Å². The van der Waals surface area contributed by atoms with Gasteiger partial charge in [0.15, 0.2) is 0 Å². The van der Waals surface area contributed by atoms with Crippen LogP contribution in [0.15, 0.2) is 30.6 Å². The van der Waals surface area contributed by atoms with Crippen molar-refractivity contribution in [1.82, 2.24) is 14.9 Å². The van der Waals surface area contributed by atoms with Crippen molar-refractivity contribution < 1.29 is 19.1 Å². The predicted octanol–water partition coefficient (Wildman–Crippen LogP) is 1.43. The number of carbonyl (C=O) groups excluding carboxylic acids is 2. The summed E-state index contributed by atoms with van der Waals surface area (Å²) in [6.07, 6.45) is 3.34. The van der Waals surface area contributed by atoms with Crippen LogP contribution in [0.25, 0.3) is 0 Å². The molecule has 2 amide bonds. The van der Waals surface area contributed by atoms with Gasteiger partial charge in [-0.1, -0.05) is 11.6 Å². The Balaban J connectivity index is 1.63. The molecular weight excluding hydrogens is 386 g/mol. The fourth-order valence-electron chi connectivity index (χ4n) is 2.84. The third-order valence-electron chi connectivity index (χ3n) is 4.32. The number of hydrogen-bond donors (Lipinski definition) is 1. The molecule has 1 saturated heterocycles. The summed E-state index contributed by atoms with van der Waals surface area (Å²) in [5.74, 6) is -0.0755. The molecule has 0 unspecified atom stereocenters. The molecule has 28 heavy (non-hydrogen) atoms. The van der Waals surface area contributed by atoms with E-state index in [2.05, 4.69) is 15.3 Å². The number of nitrogens with one attached hydrogen (secondary N) is 1. The number of nitrogens with zero attached hydrogens (tertiary/aromatic N) is 4. The molecule has 1 aliphatic heterocycles. The average molecular weight is 406 g/mol. The Labute approximate surface area is 167 Å². The Hall–Kier alpha value is -3.07. The second-order valence-corrected chi connectivity index (χ2v) is 6.38. The molecule has 9 nitrogen and oxygen atoms in total. The lowest BCUT2D eigenvalue weighted by Crippen LogP contribution is -2.52. The van der Waals surface area contributed by atoms with Gasteiger partial charge in [-0.3, -0.25) is 9.59 Å². The number of amides is 2. The highest BCUT2D eigenvalue weighted by Crippen LogP contribution is 2.35. The average Bonchev–Trinajstić information content (AvgIpc) is 2.74. The molecule has 0 bridgehead atoms. The van der Waals surface area contributed by atoms with Crippen molar-refractivity contribution in [2.45, 2.75) is 0 Å². The first-order valence-corrected chi connectivity index (χ1v) is 8.95. The molecular formula is C18H20ClN5O4. The zero-order valence-corrected chi connectivity index (χ0v) is 16.3. The van der Waals surface area contributed by atoms with Crippen LogP contribution in [0.4, 0.5) is 11.6 Å². The molecule has 1 fully saturated rings. The number of anilines is 2. The molecule has 0 saturated carbocycles. The molecule has 0 radical (unpaired) electrons. The second-order valence-electron chi connectivity index (χ2n) is 5.97. The summed E-state index contributed by atoms with van der Waals surface area (Å²) in [7, 11) is 2.90. The van der Waals surface area contributed by atoms with E-state index in [-0.39, 0.29) is 0 Å². The quantitative estimate of drug-likeness (QED) is 0.768. The second kappa shape index (κ2) is 8.75. The fraction of sp³-hybridized carbons (Fsp3) is 0.333. The van der Waals surface area contributed by atoms with Crippen molar-refractivity contribution in [3.05, 3.63) is 35.6 Å². The highest BCUT2D eigenvalue weighted by Gasteiger charge is 2.27. The number of rotatable bonds is 4. The van der Waals surface area contributed by atoms with Gasteiger partial charge < -0.3 is 24.6 Å². The maximum atomic E-state index is 12.5. The third kappa shape index (κ3) is 4.25. The van der Waals surface area contributed by atoms with E-state index in [1.807, 2.05) is 4.90 Å².